The van der Waals surface area contributed by atoms with Crippen molar-refractivity contribution >= 4 is 17.7 Å². The SMILES string of the molecule is CCC(CC)c1cccc(C(CC)CC)c1N1C=[N+](c2c(C(CC)CC)cccc2C(CC)CC)CC1.[Cl-]. The number of hydrogen-bond donors (Lipinski definition) is 0. The molecule has 212 valence electrons. The second kappa shape index (κ2) is 15.7. The Hall–Kier alpha value is -1.80. The fourth-order valence-electron chi connectivity index (χ4n) is 6.89. The van der Waals surface area contributed by atoms with Gasteiger partial charge in [0.1, 0.15) is 24.5 Å². The maximum Gasteiger partial charge on any atom is 0.244 e. The normalized spacial score (nSPS) is 13.7. The van der Waals surface area contributed by atoms with E-state index in [9.17, 15) is 0 Å². The lowest BCUT2D eigenvalue weighted by Gasteiger charge is -2.25. The summed E-state index contributed by atoms with van der Waals surface area (Å²) in [6.45, 7) is 21.0. The number of hydrogen-bond acceptors (Lipinski definition) is 1. The second-order valence-corrected chi connectivity index (χ2v) is 11.1. The van der Waals surface area contributed by atoms with Crippen LogP contribution in [-0.4, -0.2) is 24.0 Å². The Morgan fingerprint density at radius 2 is 0.921 bits per heavy atom. The van der Waals surface area contributed by atoms with Crippen molar-refractivity contribution in [2.75, 3.05) is 18.0 Å². The smallest absolute Gasteiger partial charge is 0.244 e. The summed E-state index contributed by atoms with van der Waals surface area (Å²) in [7, 11) is 0. The van der Waals surface area contributed by atoms with Crippen molar-refractivity contribution in [3.05, 3.63) is 58.7 Å². The van der Waals surface area contributed by atoms with Crippen LogP contribution < -0.4 is 17.3 Å². The highest BCUT2D eigenvalue weighted by molar-refractivity contribution is 5.82. The number of rotatable bonds is 14. The van der Waals surface area contributed by atoms with Crippen molar-refractivity contribution < 1.29 is 17.0 Å². The minimum Gasteiger partial charge on any atom is -1.00 e. The quantitative estimate of drug-likeness (QED) is 0.226. The molecule has 0 bridgehead atoms. The van der Waals surface area contributed by atoms with Crippen molar-refractivity contribution in [2.24, 2.45) is 0 Å². The summed E-state index contributed by atoms with van der Waals surface area (Å²) in [6, 6.07) is 14.3. The number of halogens is 1. The van der Waals surface area contributed by atoms with E-state index < -0.39 is 0 Å². The van der Waals surface area contributed by atoms with Crippen LogP contribution in [0.2, 0.25) is 0 Å². The third-order valence-corrected chi connectivity index (χ3v) is 9.33. The van der Waals surface area contributed by atoms with Crippen LogP contribution in [0.4, 0.5) is 11.4 Å². The van der Waals surface area contributed by atoms with Gasteiger partial charge in [0.05, 0.1) is 0 Å². The molecule has 0 N–H and O–H groups in total. The Balaban J connectivity index is 0.00000507. The molecule has 2 aromatic carbocycles. The van der Waals surface area contributed by atoms with E-state index >= 15 is 0 Å². The molecule has 0 spiro atoms. The first-order valence-corrected chi connectivity index (χ1v) is 15.7. The van der Waals surface area contributed by atoms with Gasteiger partial charge in [-0.2, -0.15) is 0 Å². The standard InChI is InChI=1S/C35H55N2.ClH/c1-9-26(10-2)30-19-17-20-31(27(11-3)12-4)34(30)36-23-24-37(25-36)35-32(28(13-5)14-6)21-18-22-33(35)29(15-7)16-8;/h17-22,25-29H,9-16,23-24H2,1-8H3;1H/q+1;/p-1. The van der Waals surface area contributed by atoms with Crippen molar-refractivity contribution in [3.63, 3.8) is 0 Å². The van der Waals surface area contributed by atoms with Crippen molar-refractivity contribution in [3.8, 4) is 0 Å². The van der Waals surface area contributed by atoms with Gasteiger partial charge in [-0.15, -0.1) is 0 Å². The van der Waals surface area contributed by atoms with Crippen LogP contribution in [0, 0.1) is 0 Å². The highest BCUT2D eigenvalue weighted by Crippen LogP contribution is 2.43. The molecule has 2 nitrogen and oxygen atoms in total. The largest absolute Gasteiger partial charge is 1.00 e. The third kappa shape index (κ3) is 6.67. The Bertz CT molecular complexity index is 950. The predicted molar refractivity (Wildman–Crippen MR) is 164 cm³/mol. The molecule has 3 heteroatoms. The topological polar surface area (TPSA) is 6.25 Å². The molecular formula is C35H55ClN2. The van der Waals surface area contributed by atoms with Gasteiger partial charge in [0.15, 0.2) is 0 Å². The van der Waals surface area contributed by atoms with Gasteiger partial charge in [-0.1, -0.05) is 91.8 Å². The van der Waals surface area contributed by atoms with Gasteiger partial charge in [0, 0.05) is 22.3 Å². The first-order chi connectivity index (χ1) is 18.0. The summed E-state index contributed by atoms with van der Waals surface area (Å²) in [4.78, 5) is 2.63. The van der Waals surface area contributed by atoms with E-state index in [1.807, 2.05) is 0 Å². The summed E-state index contributed by atoms with van der Waals surface area (Å²) < 4.78 is 2.63. The molecule has 1 aliphatic rings. The van der Waals surface area contributed by atoms with Gasteiger partial charge in [0.2, 0.25) is 6.34 Å². The van der Waals surface area contributed by atoms with Gasteiger partial charge in [0.25, 0.3) is 0 Å². The first kappa shape index (κ1) is 32.4. The lowest BCUT2D eigenvalue weighted by Crippen LogP contribution is -3.00. The van der Waals surface area contributed by atoms with Gasteiger partial charge < -0.3 is 12.4 Å². The highest BCUT2D eigenvalue weighted by atomic mass is 35.5. The number of anilines is 1. The van der Waals surface area contributed by atoms with E-state index in [1.165, 1.54) is 62.7 Å². The average molecular weight is 539 g/mol. The van der Waals surface area contributed by atoms with E-state index in [0.29, 0.717) is 23.7 Å². The van der Waals surface area contributed by atoms with Crippen LogP contribution in [0.15, 0.2) is 36.4 Å². The lowest BCUT2D eigenvalue weighted by molar-refractivity contribution is -0.425. The predicted octanol–water partition coefficient (Wildman–Crippen LogP) is 7.50. The van der Waals surface area contributed by atoms with Gasteiger partial charge in [-0.3, -0.25) is 0 Å². The summed E-state index contributed by atoms with van der Waals surface area (Å²) >= 11 is 0. The zero-order valence-corrected chi connectivity index (χ0v) is 26.5. The minimum absolute atomic E-state index is 0. The molecule has 2 aromatic rings. The maximum atomic E-state index is 2.63. The molecule has 0 atom stereocenters. The molecule has 0 saturated heterocycles. The molecule has 0 fully saturated rings. The number of nitrogens with zero attached hydrogens (tertiary/aromatic N) is 2. The molecule has 3 rings (SSSR count). The molecule has 0 aromatic heterocycles. The molecule has 1 aliphatic heterocycles. The highest BCUT2D eigenvalue weighted by Gasteiger charge is 2.33. The zero-order chi connectivity index (χ0) is 26.9. The summed E-state index contributed by atoms with van der Waals surface area (Å²) in [5.74, 6) is 2.46. The van der Waals surface area contributed by atoms with Crippen LogP contribution in [0.1, 0.15) is 153 Å². The second-order valence-electron chi connectivity index (χ2n) is 11.1. The maximum absolute atomic E-state index is 2.63. The van der Waals surface area contributed by atoms with Crippen molar-refractivity contribution in [2.45, 2.75) is 130 Å². The molecule has 0 aliphatic carbocycles. The van der Waals surface area contributed by atoms with Crippen LogP contribution in [0.5, 0.6) is 0 Å². The van der Waals surface area contributed by atoms with Crippen LogP contribution in [-0.2, 0) is 0 Å². The molecule has 38 heavy (non-hydrogen) atoms. The van der Waals surface area contributed by atoms with E-state index in [1.54, 1.807) is 22.3 Å². The van der Waals surface area contributed by atoms with E-state index in [4.69, 9.17) is 0 Å². The summed E-state index contributed by atoms with van der Waals surface area (Å²) in [6.07, 6.45) is 12.1. The van der Waals surface area contributed by atoms with Gasteiger partial charge in [-0.05, 0) is 75.0 Å². The monoisotopic (exact) mass is 538 g/mol. The Kier molecular flexibility index (Phi) is 13.4. The summed E-state index contributed by atoms with van der Waals surface area (Å²) in [5, 5.41) is 0. The number of benzene rings is 2. The van der Waals surface area contributed by atoms with Gasteiger partial charge in [-0.25, -0.2) is 9.48 Å². The first-order valence-electron chi connectivity index (χ1n) is 15.7. The summed E-state index contributed by atoms with van der Waals surface area (Å²) in [5.41, 5.74) is 9.25. The van der Waals surface area contributed by atoms with E-state index in [2.05, 4.69) is 108 Å². The third-order valence-electron chi connectivity index (χ3n) is 9.33. The fraction of sp³-hybridized carbons (Fsp3) is 0.629. The lowest BCUT2D eigenvalue weighted by atomic mass is 9.85. The molecule has 0 saturated carbocycles. The minimum atomic E-state index is 0. The van der Waals surface area contributed by atoms with E-state index in [0.717, 1.165) is 13.1 Å². The molecule has 1 heterocycles. The molecule has 0 radical (unpaired) electrons. The van der Waals surface area contributed by atoms with Crippen molar-refractivity contribution in [1.29, 1.82) is 0 Å². The number of para-hydroxylation sites is 2. The Labute approximate surface area is 241 Å². The Morgan fingerprint density at radius 1 is 0.579 bits per heavy atom. The van der Waals surface area contributed by atoms with Crippen LogP contribution in [0.3, 0.4) is 0 Å². The molecular weight excluding hydrogens is 484 g/mol. The van der Waals surface area contributed by atoms with Crippen LogP contribution >= 0.6 is 0 Å². The molecule has 0 amide bonds. The fourth-order valence-corrected chi connectivity index (χ4v) is 6.89. The Morgan fingerprint density at radius 3 is 1.29 bits per heavy atom. The van der Waals surface area contributed by atoms with Crippen molar-refractivity contribution in [1.82, 2.24) is 0 Å². The van der Waals surface area contributed by atoms with Crippen LogP contribution in [0.25, 0.3) is 0 Å². The van der Waals surface area contributed by atoms with Gasteiger partial charge >= 0.3 is 0 Å². The average Bonchev–Trinajstić information content (AvgIpc) is 3.41. The molecule has 0 unspecified atom stereocenters. The zero-order valence-electron chi connectivity index (χ0n) is 25.7. The van der Waals surface area contributed by atoms with E-state index in [-0.39, 0.29) is 12.4 Å².